The van der Waals surface area contributed by atoms with E-state index in [-0.39, 0.29) is 0 Å². The van der Waals surface area contributed by atoms with Crippen molar-refractivity contribution in [2.75, 3.05) is 4.90 Å². The van der Waals surface area contributed by atoms with Gasteiger partial charge in [-0.15, -0.1) is 34.0 Å². The number of rotatable bonds is 8. The minimum Gasteiger partial charge on any atom is -0.311 e. The first kappa shape index (κ1) is 24.3. The Bertz CT molecular complexity index is 1510. The van der Waals surface area contributed by atoms with E-state index < -0.39 is 0 Å². The van der Waals surface area contributed by atoms with Crippen LogP contribution in [-0.2, 0) is 0 Å². The molecule has 0 aliphatic carbocycles. The van der Waals surface area contributed by atoms with Crippen molar-refractivity contribution in [3.05, 3.63) is 132 Å². The lowest BCUT2D eigenvalue weighted by molar-refractivity contribution is 1.20. The second-order valence-corrected chi connectivity index (χ2v) is 11.7. The topological polar surface area (TPSA) is 3.24 Å². The second-order valence-electron chi connectivity index (χ2n) is 8.26. The van der Waals surface area contributed by atoms with Gasteiger partial charge in [0.1, 0.15) is 0 Å². The fourth-order valence-electron chi connectivity index (χ4n) is 4.06. The summed E-state index contributed by atoms with van der Waals surface area (Å²) < 4.78 is 0. The van der Waals surface area contributed by atoms with Gasteiger partial charge in [-0.1, -0.05) is 55.1 Å². The van der Waals surface area contributed by atoms with E-state index in [4.69, 9.17) is 0 Å². The molecule has 36 heavy (non-hydrogen) atoms. The summed E-state index contributed by atoms with van der Waals surface area (Å²) in [6.07, 6.45) is 8.00. The Hall–Kier alpha value is -3.44. The third kappa shape index (κ3) is 5.21. The highest BCUT2D eigenvalue weighted by Gasteiger charge is 2.14. The van der Waals surface area contributed by atoms with Gasteiger partial charge >= 0.3 is 0 Å². The molecule has 0 aliphatic heterocycles. The highest BCUT2D eigenvalue weighted by molar-refractivity contribution is 7.27. The monoisotopic (exact) mass is 521 g/mol. The van der Waals surface area contributed by atoms with Crippen LogP contribution in [0.15, 0.2) is 128 Å². The normalized spacial score (nSPS) is 11.8. The molecule has 0 bridgehead atoms. The number of aryl methyl sites for hydroxylation is 1. The Labute approximate surface area is 225 Å². The molecule has 0 saturated heterocycles. The van der Waals surface area contributed by atoms with Gasteiger partial charge in [-0.05, 0) is 86.2 Å². The highest BCUT2D eigenvalue weighted by Crippen LogP contribution is 2.42. The molecule has 2 aromatic carbocycles. The smallest absolute Gasteiger partial charge is 0.0461 e. The average molecular weight is 522 g/mol. The molecule has 0 amide bonds. The van der Waals surface area contributed by atoms with Crippen LogP contribution in [0.4, 0.5) is 11.4 Å². The maximum Gasteiger partial charge on any atom is 0.0461 e. The van der Waals surface area contributed by atoms with E-state index in [1.807, 2.05) is 52.2 Å². The maximum absolute atomic E-state index is 3.83. The molecule has 0 unspecified atom stereocenters. The maximum atomic E-state index is 3.83. The number of nitrogens with zero attached hydrogens (tertiary/aromatic N) is 1. The van der Waals surface area contributed by atoms with Crippen LogP contribution in [0.1, 0.15) is 11.8 Å². The molecule has 4 heteroatoms. The molecule has 0 aliphatic rings. The lowest BCUT2D eigenvalue weighted by Crippen LogP contribution is -2.14. The van der Waals surface area contributed by atoms with Crippen molar-refractivity contribution in [1.82, 2.24) is 0 Å². The molecule has 0 saturated carbocycles. The molecular formula is C32H27NS3. The van der Waals surface area contributed by atoms with E-state index in [9.17, 15) is 0 Å². The lowest BCUT2D eigenvalue weighted by Gasteiger charge is -2.26. The molecular weight excluding hydrogens is 495 g/mol. The molecule has 5 aromatic rings. The zero-order chi connectivity index (χ0) is 24.9. The summed E-state index contributed by atoms with van der Waals surface area (Å²) in [7, 11) is 0. The molecule has 0 radical (unpaired) electrons. The van der Waals surface area contributed by atoms with Crippen LogP contribution < -0.4 is 4.90 Å². The largest absolute Gasteiger partial charge is 0.311 e. The average Bonchev–Trinajstić information content (AvgIpc) is 3.68. The number of para-hydroxylation sites is 1. The molecule has 178 valence electrons. The van der Waals surface area contributed by atoms with E-state index in [2.05, 4.69) is 122 Å². The Kier molecular flexibility index (Phi) is 7.47. The Balaban J connectivity index is 1.42. The highest BCUT2D eigenvalue weighted by atomic mass is 32.1. The van der Waals surface area contributed by atoms with Gasteiger partial charge in [-0.3, -0.25) is 0 Å². The predicted octanol–water partition coefficient (Wildman–Crippen LogP) is 11.0. The fourth-order valence-corrected chi connectivity index (χ4v) is 7.13. The SMILES string of the molecule is C=C/C=C\C(=C/C)N(c1ccccc1)c1ccc(-c2ccc(-c3ccc(-c4ccc(C)s4)s3)s2)cc1. The van der Waals surface area contributed by atoms with Crippen LogP contribution in [0.25, 0.3) is 29.9 Å². The molecule has 0 N–H and O–H groups in total. The van der Waals surface area contributed by atoms with E-state index in [1.165, 1.54) is 34.8 Å². The number of anilines is 2. The molecule has 0 fully saturated rings. The van der Waals surface area contributed by atoms with Gasteiger partial charge in [-0.25, -0.2) is 0 Å². The number of thiophene rings is 3. The lowest BCUT2D eigenvalue weighted by atomic mass is 10.1. The Morgan fingerprint density at radius 1 is 0.667 bits per heavy atom. The number of allylic oxidation sites excluding steroid dienone is 4. The first-order chi connectivity index (χ1) is 17.7. The van der Waals surface area contributed by atoms with Gasteiger partial charge < -0.3 is 4.90 Å². The van der Waals surface area contributed by atoms with Crippen molar-refractivity contribution >= 4 is 45.4 Å². The van der Waals surface area contributed by atoms with Crippen LogP contribution in [0.2, 0.25) is 0 Å². The molecule has 1 nitrogen and oxygen atoms in total. The van der Waals surface area contributed by atoms with Crippen molar-refractivity contribution < 1.29 is 0 Å². The third-order valence-electron chi connectivity index (χ3n) is 5.82. The Morgan fingerprint density at radius 2 is 1.22 bits per heavy atom. The summed E-state index contributed by atoms with van der Waals surface area (Å²) in [5, 5.41) is 0. The van der Waals surface area contributed by atoms with Crippen molar-refractivity contribution in [3.8, 4) is 29.9 Å². The van der Waals surface area contributed by atoms with Gasteiger partial charge in [0.05, 0.1) is 0 Å². The molecule has 0 atom stereocenters. The minimum atomic E-state index is 1.10. The quantitative estimate of drug-likeness (QED) is 0.184. The summed E-state index contributed by atoms with van der Waals surface area (Å²) in [5.41, 5.74) is 4.58. The van der Waals surface area contributed by atoms with Gasteiger partial charge in [0.2, 0.25) is 0 Å². The van der Waals surface area contributed by atoms with E-state index in [0.29, 0.717) is 0 Å². The summed E-state index contributed by atoms with van der Waals surface area (Å²) >= 11 is 5.58. The van der Waals surface area contributed by atoms with Crippen molar-refractivity contribution in [2.45, 2.75) is 13.8 Å². The van der Waals surface area contributed by atoms with Crippen LogP contribution in [0.5, 0.6) is 0 Å². The number of benzene rings is 2. The summed E-state index contributed by atoms with van der Waals surface area (Å²) in [4.78, 5) is 10.2. The van der Waals surface area contributed by atoms with Crippen molar-refractivity contribution in [2.24, 2.45) is 0 Å². The molecule has 3 heterocycles. The van der Waals surface area contributed by atoms with E-state index in [1.54, 1.807) is 0 Å². The molecule has 5 rings (SSSR count). The van der Waals surface area contributed by atoms with Crippen LogP contribution in [0, 0.1) is 6.92 Å². The van der Waals surface area contributed by atoms with Gasteiger partial charge in [0.25, 0.3) is 0 Å². The van der Waals surface area contributed by atoms with Gasteiger partial charge in [0.15, 0.2) is 0 Å². The van der Waals surface area contributed by atoms with E-state index in [0.717, 1.165) is 17.1 Å². The van der Waals surface area contributed by atoms with Crippen molar-refractivity contribution in [3.63, 3.8) is 0 Å². The second kappa shape index (κ2) is 11.1. The minimum absolute atomic E-state index is 1.10. The predicted molar refractivity (Wildman–Crippen MR) is 163 cm³/mol. The zero-order valence-electron chi connectivity index (χ0n) is 20.3. The standard InChI is InChI=1S/C32H27NS3/c1-4-6-10-25(5-2)33(26-11-8-7-9-12-26)27-16-14-24(15-17-27)28-19-20-31(35-28)32-22-21-30(36-32)29-18-13-23(3)34-29/h4-22H,1H2,2-3H3/b10-6-,25-5+. The summed E-state index contributed by atoms with van der Waals surface area (Å²) in [5.74, 6) is 0. The number of hydrogen-bond acceptors (Lipinski definition) is 4. The Morgan fingerprint density at radius 3 is 1.81 bits per heavy atom. The van der Waals surface area contributed by atoms with Crippen LogP contribution >= 0.6 is 34.0 Å². The van der Waals surface area contributed by atoms with Crippen molar-refractivity contribution in [1.29, 1.82) is 0 Å². The molecule has 3 aromatic heterocycles. The summed E-state index contributed by atoms with van der Waals surface area (Å²) in [6, 6.07) is 32.7. The fraction of sp³-hybridized carbons (Fsp3) is 0.0625. The van der Waals surface area contributed by atoms with Crippen LogP contribution in [-0.4, -0.2) is 0 Å². The first-order valence-corrected chi connectivity index (χ1v) is 14.3. The third-order valence-corrected chi connectivity index (χ3v) is 9.43. The van der Waals surface area contributed by atoms with E-state index >= 15 is 0 Å². The zero-order valence-corrected chi connectivity index (χ0v) is 22.8. The molecule has 0 spiro atoms. The first-order valence-electron chi connectivity index (χ1n) is 11.8. The summed E-state index contributed by atoms with van der Waals surface area (Å²) in [6.45, 7) is 8.06. The van der Waals surface area contributed by atoms with Gasteiger partial charge in [0, 0.05) is 46.3 Å². The van der Waals surface area contributed by atoms with Crippen LogP contribution in [0.3, 0.4) is 0 Å². The van der Waals surface area contributed by atoms with Gasteiger partial charge in [-0.2, -0.15) is 0 Å². The number of hydrogen-bond donors (Lipinski definition) is 0.